The van der Waals surface area contributed by atoms with E-state index in [-0.39, 0.29) is 10.6 Å². The molecule has 1 aromatic carbocycles. The molecule has 1 N–H and O–H groups in total. The van der Waals surface area contributed by atoms with E-state index in [9.17, 15) is 10.1 Å². The Hall–Kier alpha value is -1.35. The fourth-order valence-corrected chi connectivity index (χ4v) is 3.39. The fraction of sp³-hybridized carbons (Fsp3) is 0.500. The van der Waals surface area contributed by atoms with E-state index >= 15 is 0 Å². The van der Waals surface area contributed by atoms with Crippen LogP contribution in [0.2, 0.25) is 39.3 Å². The van der Waals surface area contributed by atoms with Gasteiger partial charge in [0.15, 0.2) is 0 Å². The minimum absolute atomic E-state index is 0.0867. The Bertz CT molecular complexity index is 479. The Labute approximate surface area is 116 Å². The molecule has 5 nitrogen and oxygen atoms in total. The zero-order valence-corrected chi connectivity index (χ0v) is 14.4. The van der Waals surface area contributed by atoms with Crippen molar-refractivity contribution in [1.82, 2.24) is 0 Å². The van der Waals surface area contributed by atoms with Gasteiger partial charge >= 0.3 is 0 Å². The highest BCUT2D eigenvalue weighted by Gasteiger charge is 2.22. The van der Waals surface area contributed by atoms with Crippen LogP contribution < -0.4 is 9.41 Å². The lowest BCUT2D eigenvalue weighted by molar-refractivity contribution is -0.384. The van der Waals surface area contributed by atoms with Crippen LogP contribution in [-0.4, -0.2) is 21.5 Å². The largest absolute Gasteiger partial charge is 0.543 e. The first-order valence-electron chi connectivity index (χ1n) is 6.24. The number of benzene rings is 1. The molecule has 1 rings (SSSR count). The van der Waals surface area contributed by atoms with E-state index in [4.69, 9.17) is 4.43 Å². The van der Waals surface area contributed by atoms with Crippen LogP contribution in [-0.2, 0) is 0 Å². The van der Waals surface area contributed by atoms with E-state index in [1.165, 1.54) is 6.07 Å². The van der Waals surface area contributed by atoms with Crippen LogP contribution in [0.4, 0.5) is 11.4 Å². The number of anilines is 1. The zero-order valence-electron chi connectivity index (χ0n) is 12.4. The molecule has 0 amide bonds. The standard InChI is InChI=1S/C12H22N2O3Si2/c1-18(2,3)13-11-9-10(14(15)16)7-8-12(11)17-19(4,5)6/h7-9,13H,1-6H3. The monoisotopic (exact) mass is 298 g/mol. The molecule has 0 saturated carbocycles. The molecular formula is C12H22N2O3Si2. The Morgan fingerprint density at radius 3 is 2.16 bits per heavy atom. The molecule has 0 fully saturated rings. The van der Waals surface area contributed by atoms with Gasteiger partial charge in [-0.3, -0.25) is 10.1 Å². The molecule has 0 saturated heterocycles. The molecule has 0 atom stereocenters. The van der Waals surface area contributed by atoms with Crippen molar-refractivity contribution in [1.29, 1.82) is 0 Å². The van der Waals surface area contributed by atoms with Crippen molar-refractivity contribution in [3.8, 4) is 5.75 Å². The summed E-state index contributed by atoms with van der Waals surface area (Å²) < 4.78 is 5.99. The molecule has 0 aliphatic heterocycles. The maximum atomic E-state index is 10.9. The molecule has 0 unspecified atom stereocenters. The predicted molar refractivity (Wildman–Crippen MR) is 84.0 cm³/mol. The maximum absolute atomic E-state index is 10.9. The van der Waals surface area contributed by atoms with Gasteiger partial charge in [-0.05, 0) is 25.7 Å². The molecule has 19 heavy (non-hydrogen) atoms. The summed E-state index contributed by atoms with van der Waals surface area (Å²) in [5.41, 5.74) is 0.819. The third-order valence-corrected chi connectivity index (χ3v) is 3.95. The fourth-order valence-electron chi connectivity index (χ4n) is 1.55. The van der Waals surface area contributed by atoms with Crippen molar-refractivity contribution < 1.29 is 9.35 Å². The highest BCUT2D eigenvalue weighted by atomic mass is 28.4. The molecule has 7 heteroatoms. The topological polar surface area (TPSA) is 64.4 Å². The lowest BCUT2D eigenvalue weighted by Crippen LogP contribution is -2.34. The predicted octanol–water partition coefficient (Wildman–Crippen LogP) is 4.06. The molecule has 0 aromatic heterocycles. The second-order valence-corrected chi connectivity index (χ2v) is 15.7. The first-order valence-corrected chi connectivity index (χ1v) is 13.1. The third-order valence-electron chi connectivity index (χ3n) is 2.10. The molecule has 0 spiro atoms. The van der Waals surface area contributed by atoms with Crippen LogP contribution in [0.1, 0.15) is 0 Å². The first-order chi connectivity index (χ1) is 8.48. The summed E-state index contributed by atoms with van der Waals surface area (Å²) in [6, 6.07) is 4.75. The SMILES string of the molecule is C[Si](C)(C)Nc1cc([N+](=O)[O-])ccc1O[Si](C)(C)C. The van der Waals surface area contributed by atoms with Gasteiger partial charge in [0.1, 0.15) is 14.0 Å². The van der Waals surface area contributed by atoms with E-state index in [0.717, 1.165) is 5.69 Å². The van der Waals surface area contributed by atoms with Crippen LogP contribution >= 0.6 is 0 Å². The summed E-state index contributed by atoms with van der Waals surface area (Å²) in [5.74, 6) is 0.715. The van der Waals surface area contributed by atoms with Crippen molar-refractivity contribution in [3.05, 3.63) is 28.3 Å². The number of non-ortho nitro benzene ring substituents is 1. The van der Waals surface area contributed by atoms with Gasteiger partial charge in [-0.25, -0.2) is 0 Å². The second kappa shape index (κ2) is 5.34. The smallest absolute Gasteiger partial charge is 0.271 e. The normalized spacial score (nSPS) is 12.1. The molecule has 0 bridgehead atoms. The minimum atomic E-state index is -1.74. The number of nitrogens with zero attached hydrogens (tertiary/aromatic N) is 1. The zero-order chi connectivity index (χ0) is 14.8. The third kappa shape index (κ3) is 5.43. The van der Waals surface area contributed by atoms with Crippen molar-refractivity contribution >= 4 is 27.9 Å². The molecule has 1 aromatic rings. The molecular weight excluding hydrogens is 276 g/mol. The van der Waals surface area contributed by atoms with Crippen molar-refractivity contribution in [2.24, 2.45) is 0 Å². The van der Waals surface area contributed by atoms with Crippen molar-refractivity contribution in [2.75, 3.05) is 4.98 Å². The van der Waals surface area contributed by atoms with Gasteiger partial charge in [0, 0.05) is 12.1 Å². The maximum Gasteiger partial charge on any atom is 0.271 e. The highest BCUT2D eigenvalue weighted by Crippen LogP contribution is 2.32. The van der Waals surface area contributed by atoms with E-state index in [1.54, 1.807) is 12.1 Å². The quantitative estimate of drug-likeness (QED) is 0.506. The molecule has 106 valence electrons. The lowest BCUT2D eigenvalue weighted by atomic mass is 10.2. The Morgan fingerprint density at radius 2 is 1.74 bits per heavy atom. The molecule has 0 aliphatic rings. The van der Waals surface area contributed by atoms with E-state index in [2.05, 4.69) is 44.3 Å². The summed E-state index contributed by atoms with van der Waals surface area (Å²) in [6.07, 6.45) is 0. The average Bonchev–Trinajstić information content (AvgIpc) is 2.15. The van der Waals surface area contributed by atoms with Gasteiger partial charge in [0.25, 0.3) is 5.69 Å². The van der Waals surface area contributed by atoms with E-state index in [1.807, 2.05) is 0 Å². The number of nitro benzene ring substituents is 1. The number of nitrogens with one attached hydrogen (secondary N) is 1. The summed E-state index contributed by atoms with van der Waals surface area (Å²) >= 11 is 0. The molecule has 0 heterocycles. The van der Waals surface area contributed by atoms with Crippen LogP contribution in [0.25, 0.3) is 0 Å². The Kier molecular flexibility index (Phi) is 4.41. The van der Waals surface area contributed by atoms with Gasteiger partial charge in [-0.1, -0.05) is 19.6 Å². The number of nitro groups is 1. The second-order valence-electron chi connectivity index (χ2n) is 6.53. The van der Waals surface area contributed by atoms with Crippen molar-refractivity contribution in [3.63, 3.8) is 0 Å². The van der Waals surface area contributed by atoms with Gasteiger partial charge in [-0.2, -0.15) is 0 Å². The summed E-state index contributed by atoms with van der Waals surface area (Å²) in [4.78, 5) is 13.9. The molecule has 0 radical (unpaired) electrons. The van der Waals surface area contributed by atoms with E-state index < -0.39 is 16.6 Å². The van der Waals surface area contributed by atoms with Crippen molar-refractivity contribution in [2.45, 2.75) is 39.3 Å². The van der Waals surface area contributed by atoms with Gasteiger partial charge < -0.3 is 9.41 Å². The van der Waals surface area contributed by atoms with Gasteiger partial charge in [-0.15, -0.1) is 0 Å². The van der Waals surface area contributed by atoms with Gasteiger partial charge in [0.2, 0.25) is 8.32 Å². The summed E-state index contributed by atoms with van der Waals surface area (Å²) in [5, 5.41) is 10.9. The first kappa shape index (κ1) is 15.7. The summed E-state index contributed by atoms with van der Waals surface area (Å²) in [6.45, 7) is 12.7. The highest BCUT2D eigenvalue weighted by molar-refractivity contribution is 6.79. The molecule has 0 aliphatic carbocycles. The average molecular weight is 298 g/mol. The minimum Gasteiger partial charge on any atom is -0.543 e. The van der Waals surface area contributed by atoms with Crippen LogP contribution in [0.15, 0.2) is 18.2 Å². The number of hydrogen-bond acceptors (Lipinski definition) is 4. The van der Waals surface area contributed by atoms with E-state index in [0.29, 0.717) is 5.75 Å². The van der Waals surface area contributed by atoms with Crippen LogP contribution in [0, 0.1) is 10.1 Å². The van der Waals surface area contributed by atoms with Crippen LogP contribution in [0.5, 0.6) is 5.75 Å². The van der Waals surface area contributed by atoms with Crippen LogP contribution in [0.3, 0.4) is 0 Å². The number of hydrogen-bond donors (Lipinski definition) is 1. The Balaban J connectivity index is 3.19. The lowest BCUT2D eigenvalue weighted by Gasteiger charge is -2.26. The number of rotatable bonds is 5. The van der Waals surface area contributed by atoms with Gasteiger partial charge in [0.05, 0.1) is 10.6 Å². The Morgan fingerprint density at radius 1 is 1.16 bits per heavy atom. The summed E-state index contributed by atoms with van der Waals surface area (Å²) in [7, 11) is -3.34.